The second kappa shape index (κ2) is 5.99. The molecule has 1 aromatic heterocycles. The molecule has 0 aliphatic carbocycles. The summed E-state index contributed by atoms with van der Waals surface area (Å²) >= 11 is 0. The summed E-state index contributed by atoms with van der Waals surface area (Å²) in [5.74, 6) is 0.495. The molecule has 1 atom stereocenters. The number of likely N-dealkylation sites (tertiary alicyclic amines) is 1. The fraction of sp³-hybridized carbons (Fsp3) is 0.600. The maximum atomic E-state index is 11.1. The Bertz CT molecular complexity index is 495. The van der Waals surface area contributed by atoms with E-state index in [1.165, 1.54) is 0 Å². The van der Waals surface area contributed by atoms with Crippen LogP contribution in [0.15, 0.2) is 18.3 Å². The third-order valence-corrected chi connectivity index (χ3v) is 4.61. The zero-order valence-corrected chi connectivity index (χ0v) is 12.2. The third-order valence-electron chi connectivity index (χ3n) is 4.61. The van der Waals surface area contributed by atoms with Gasteiger partial charge in [-0.15, -0.1) is 0 Å². The Morgan fingerprint density at radius 1 is 1.19 bits per heavy atom. The highest BCUT2D eigenvalue weighted by atomic mass is 16.1. The Balaban J connectivity index is 1.60. The summed E-state index contributed by atoms with van der Waals surface area (Å²) in [6, 6.07) is 4.60. The van der Waals surface area contributed by atoms with Crippen molar-refractivity contribution in [3.63, 3.8) is 0 Å². The van der Waals surface area contributed by atoms with Crippen LogP contribution in [0.25, 0.3) is 0 Å². The Morgan fingerprint density at radius 3 is 2.57 bits per heavy atom. The van der Waals surface area contributed by atoms with E-state index in [9.17, 15) is 4.79 Å². The number of piperidine rings is 1. The number of nitrogens with two attached hydrogens (primary N) is 2. The van der Waals surface area contributed by atoms with Crippen molar-refractivity contribution >= 4 is 11.7 Å². The maximum Gasteiger partial charge on any atom is 0.250 e. The van der Waals surface area contributed by atoms with Gasteiger partial charge in [-0.25, -0.2) is 4.98 Å². The molecule has 0 saturated carbocycles. The van der Waals surface area contributed by atoms with Gasteiger partial charge in [0.25, 0.3) is 0 Å². The minimum absolute atomic E-state index is 0.377. The quantitative estimate of drug-likeness (QED) is 0.829. The number of pyridine rings is 1. The standard InChI is InChI=1S/C15H23N5O/c16-12-3-6-19(7-4-12)13-5-8-20(10-13)14-2-1-11(9-18-14)15(17)21/h1-2,9,12-13H,3-8,10,16H2,(H2,17,21). The molecule has 2 fully saturated rings. The van der Waals surface area contributed by atoms with Gasteiger partial charge in [0.2, 0.25) is 5.91 Å². The molecular weight excluding hydrogens is 266 g/mol. The molecular formula is C15H23N5O. The van der Waals surface area contributed by atoms with Crippen LogP contribution in [0.4, 0.5) is 5.82 Å². The summed E-state index contributed by atoms with van der Waals surface area (Å²) in [4.78, 5) is 20.3. The zero-order chi connectivity index (χ0) is 14.8. The molecule has 114 valence electrons. The van der Waals surface area contributed by atoms with Crippen LogP contribution in [0.5, 0.6) is 0 Å². The van der Waals surface area contributed by atoms with Gasteiger partial charge in [-0.1, -0.05) is 0 Å². The topological polar surface area (TPSA) is 88.5 Å². The van der Waals surface area contributed by atoms with E-state index in [-0.39, 0.29) is 0 Å². The van der Waals surface area contributed by atoms with Crippen LogP contribution in [-0.4, -0.2) is 54.1 Å². The lowest BCUT2D eigenvalue weighted by atomic mass is 10.0. The van der Waals surface area contributed by atoms with Crippen molar-refractivity contribution in [3.05, 3.63) is 23.9 Å². The van der Waals surface area contributed by atoms with E-state index in [4.69, 9.17) is 11.5 Å². The molecule has 2 aliphatic heterocycles. The van der Waals surface area contributed by atoms with Gasteiger partial charge in [-0.05, 0) is 44.5 Å². The largest absolute Gasteiger partial charge is 0.366 e. The highest BCUT2D eigenvalue weighted by Crippen LogP contribution is 2.23. The van der Waals surface area contributed by atoms with Crippen LogP contribution in [0.3, 0.4) is 0 Å². The number of nitrogens with zero attached hydrogens (tertiary/aromatic N) is 3. The van der Waals surface area contributed by atoms with Gasteiger partial charge in [-0.2, -0.15) is 0 Å². The summed E-state index contributed by atoms with van der Waals surface area (Å²) < 4.78 is 0. The highest BCUT2D eigenvalue weighted by Gasteiger charge is 2.30. The van der Waals surface area contributed by atoms with Crippen LogP contribution < -0.4 is 16.4 Å². The SMILES string of the molecule is NC(=O)c1ccc(N2CCC(N3CCC(N)CC3)C2)nc1. The molecule has 0 spiro atoms. The van der Waals surface area contributed by atoms with E-state index in [0.29, 0.717) is 17.6 Å². The number of hydrogen-bond acceptors (Lipinski definition) is 5. The Morgan fingerprint density at radius 2 is 1.95 bits per heavy atom. The molecule has 0 bridgehead atoms. The van der Waals surface area contributed by atoms with Crippen LogP contribution in [0.2, 0.25) is 0 Å². The van der Waals surface area contributed by atoms with E-state index >= 15 is 0 Å². The molecule has 0 radical (unpaired) electrons. The van der Waals surface area contributed by atoms with Crippen molar-refractivity contribution in [2.45, 2.75) is 31.3 Å². The number of carbonyl (C=O) groups excluding carboxylic acids is 1. The normalized spacial score (nSPS) is 24.4. The van der Waals surface area contributed by atoms with Crippen molar-refractivity contribution in [3.8, 4) is 0 Å². The fourth-order valence-electron chi connectivity index (χ4n) is 3.25. The van der Waals surface area contributed by atoms with Crippen molar-refractivity contribution in [1.29, 1.82) is 0 Å². The van der Waals surface area contributed by atoms with Crippen LogP contribution in [0, 0.1) is 0 Å². The summed E-state index contributed by atoms with van der Waals surface area (Å²) in [5, 5.41) is 0. The van der Waals surface area contributed by atoms with Gasteiger partial charge < -0.3 is 16.4 Å². The van der Waals surface area contributed by atoms with Gasteiger partial charge in [0.1, 0.15) is 5.82 Å². The van der Waals surface area contributed by atoms with Crippen LogP contribution >= 0.6 is 0 Å². The molecule has 3 rings (SSSR count). The first-order valence-electron chi connectivity index (χ1n) is 7.64. The summed E-state index contributed by atoms with van der Waals surface area (Å²) in [7, 11) is 0. The van der Waals surface area contributed by atoms with E-state index in [1.807, 2.05) is 6.07 Å². The first-order chi connectivity index (χ1) is 10.1. The highest BCUT2D eigenvalue weighted by molar-refractivity contribution is 5.92. The average molecular weight is 289 g/mol. The van der Waals surface area contributed by atoms with E-state index in [0.717, 1.165) is 51.3 Å². The smallest absolute Gasteiger partial charge is 0.250 e. The number of primary amides is 1. The van der Waals surface area contributed by atoms with Gasteiger partial charge in [0, 0.05) is 31.4 Å². The van der Waals surface area contributed by atoms with Gasteiger partial charge in [-0.3, -0.25) is 9.69 Å². The molecule has 2 saturated heterocycles. The molecule has 4 N–H and O–H groups in total. The van der Waals surface area contributed by atoms with Gasteiger partial charge >= 0.3 is 0 Å². The minimum Gasteiger partial charge on any atom is -0.366 e. The molecule has 1 amide bonds. The van der Waals surface area contributed by atoms with E-state index < -0.39 is 5.91 Å². The van der Waals surface area contributed by atoms with Gasteiger partial charge in [0.15, 0.2) is 0 Å². The predicted molar refractivity (Wildman–Crippen MR) is 82.2 cm³/mol. The zero-order valence-electron chi connectivity index (χ0n) is 12.2. The number of amides is 1. The summed E-state index contributed by atoms with van der Waals surface area (Å²) in [6.45, 7) is 4.22. The number of hydrogen-bond donors (Lipinski definition) is 2. The molecule has 3 heterocycles. The molecule has 1 unspecified atom stereocenters. The molecule has 21 heavy (non-hydrogen) atoms. The Hall–Kier alpha value is -1.66. The first kappa shape index (κ1) is 14.3. The second-order valence-electron chi connectivity index (χ2n) is 6.03. The summed E-state index contributed by atoms with van der Waals surface area (Å²) in [6.07, 6.45) is 4.92. The maximum absolute atomic E-state index is 11.1. The Labute approximate surface area is 125 Å². The second-order valence-corrected chi connectivity index (χ2v) is 6.03. The van der Waals surface area contributed by atoms with E-state index in [2.05, 4.69) is 14.8 Å². The lowest BCUT2D eigenvalue weighted by molar-refractivity contribution is 0.1000. The molecule has 6 heteroatoms. The lowest BCUT2D eigenvalue weighted by Crippen LogP contribution is -2.46. The molecule has 1 aromatic rings. The van der Waals surface area contributed by atoms with E-state index in [1.54, 1.807) is 12.3 Å². The van der Waals surface area contributed by atoms with Gasteiger partial charge in [0.05, 0.1) is 5.56 Å². The third kappa shape index (κ3) is 3.16. The molecule has 2 aliphatic rings. The minimum atomic E-state index is -0.432. The number of rotatable bonds is 3. The van der Waals surface area contributed by atoms with Crippen molar-refractivity contribution in [2.24, 2.45) is 11.5 Å². The fourth-order valence-corrected chi connectivity index (χ4v) is 3.25. The molecule has 6 nitrogen and oxygen atoms in total. The monoisotopic (exact) mass is 289 g/mol. The average Bonchev–Trinajstić information content (AvgIpc) is 2.98. The van der Waals surface area contributed by atoms with Crippen LogP contribution in [0.1, 0.15) is 29.6 Å². The van der Waals surface area contributed by atoms with Crippen LogP contribution in [-0.2, 0) is 0 Å². The van der Waals surface area contributed by atoms with Crippen molar-refractivity contribution in [2.75, 3.05) is 31.1 Å². The first-order valence-corrected chi connectivity index (χ1v) is 7.64. The number of aromatic nitrogens is 1. The summed E-state index contributed by atoms with van der Waals surface area (Å²) in [5.41, 5.74) is 11.7. The van der Waals surface area contributed by atoms with Crippen molar-refractivity contribution < 1.29 is 4.79 Å². The molecule has 0 aromatic carbocycles. The predicted octanol–water partition coefficient (Wildman–Crippen LogP) is 0.182. The number of carbonyl (C=O) groups is 1. The lowest BCUT2D eigenvalue weighted by Gasteiger charge is -2.34. The van der Waals surface area contributed by atoms with Crippen molar-refractivity contribution in [1.82, 2.24) is 9.88 Å². The number of anilines is 1. The Kier molecular flexibility index (Phi) is 4.07.